The van der Waals surface area contributed by atoms with E-state index in [1.165, 1.54) is 12.1 Å². The average molecular weight is 428 g/mol. The first kappa shape index (κ1) is 19.3. The van der Waals surface area contributed by atoms with E-state index in [-0.39, 0.29) is 21.2 Å². The molecule has 0 fully saturated rings. The fourth-order valence-electron chi connectivity index (χ4n) is 3.12. The number of rotatable bonds is 3. The van der Waals surface area contributed by atoms with Crippen LogP contribution in [0.3, 0.4) is 0 Å². The first-order valence-electron chi connectivity index (χ1n) is 8.59. The molecule has 4 rings (SSSR count). The standard InChI is InChI=1S/C20H16N2O5S2/c1-10-6-11(2)18-14(23)9-16(27-15(18)7-10)19(24)22-20-21-13-5-4-12(29(3,25)26)8-17(13)28-20/h4-9H,1-3H3,(H,21,22,24). The number of carbonyl (C=O) groups is 1. The zero-order chi connectivity index (χ0) is 20.9. The number of amides is 1. The van der Waals surface area contributed by atoms with Gasteiger partial charge in [0, 0.05) is 12.3 Å². The second-order valence-electron chi connectivity index (χ2n) is 6.80. The number of hydrogen-bond donors (Lipinski definition) is 1. The molecule has 0 saturated heterocycles. The third kappa shape index (κ3) is 3.66. The van der Waals surface area contributed by atoms with E-state index >= 15 is 0 Å². The van der Waals surface area contributed by atoms with Crippen molar-refractivity contribution in [1.82, 2.24) is 4.98 Å². The molecule has 2 heterocycles. The van der Waals surface area contributed by atoms with Gasteiger partial charge in [-0.1, -0.05) is 17.4 Å². The first-order chi connectivity index (χ1) is 13.6. The predicted octanol–water partition coefficient (Wildman–Crippen LogP) is 3.68. The van der Waals surface area contributed by atoms with Crippen molar-refractivity contribution in [3.05, 3.63) is 63.5 Å². The Morgan fingerprint density at radius 2 is 1.90 bits per heavy atom. The smallest absolute Gasteiger partial charge is 0.293 e. The number of hydrogen-bond acceptors (Lipinski definition) is 7. The molecular formula is C20H16N2O5S2. The highest BCUT2D eigenvalue weighted by molar-refractivity contribution is 7.90. The van der Waals surface area contributed by atoms with E-state index in [2.05, 4.69) is 10.3 Å². The minimum Gasteiger partial charge on any atom is -0.451 e. The molecule has 148 valence electrons. The van der Waals surface area contributed by atoms with E-state index in [4.69, 9.17) is 4.42 Å². The number of sulfone groups is 1. The second-order valence-corrected chi connectivity index (χ2v) is 9.85. The van der Waals surface area contributed by atoms with E-state index in [9.17, 15) is 18.0 Å². The van der Waals surface area contributed by atoms with Crippen molar-refractivity contribution in [2.75, 3.05) is 11.6 Å². The van der Waals surface area contributed by atoms with Gasteiger partial charge in [0.1, 0.15) is 5.58 Å². The maximum absolute atomic E-state index is 12.6. The van der Waals surface area contributed by atoms with Crippen molar-refractivity contribution in [3.8, 4) is 0 Å². The van der Waals surface area contributed by atoms with Crippen LogP contribution in [0.15, 0.2) is 50.5 Å². The van der Waals surface area contributed by atoms with E-state index in [0.717, 1.165) is 34.8 Å². The van der Waals surface area contributed by atoms with Crippen molar-refractivity contribution in [3.63, 3.8) is 0 Å². The summed E-state index contributed by atoms with van der Waals surface area (Å²) in [6.07, 6.45) is 1.13. The molecule has 4 aromatic rings. The van der Waals surface area contributed by atoms with E-state index < -0.39 is 15.7 Å². The largest absolute Gasteiger partial charge is 0.451 e. The number of benzene rings is 2. The second kappa shape index (κ2) is 6.78. The Kier molecular flexibility index (Phi) is 4.51. The van der Waals surface area contributed by atoms with Crippen LogP contribution in [0.1, 0.15) is 21.7 Å². The Bertz CT molecular complexity index is 1470. The van der Waals surface area contributed by atoms with Gasteiger partial charge in [0.2, 0.25) is 0 Å². The lowest BCUT2D eigenvalue weighted by molar-refractivity contribution is 0.0997. The Morgan fingerprint density at radius 1 is 1.14 bits per heavy atom. The van der Waals surface area contributed by atoms with Crippen LogP contribution in [0.2, 0.25) is 0 Å². The molecule has 1 amide bonds. The van der Waals surface area contributed by atoms with E-state index in [1.807, 2.05) is 19.9 Å². The molecule has 0 aliphatic rings. The van der Waals surface area contributed by atoms with E-state index in [0.29, 0.717) is 21.2 Å². The normalized spacial score (nSPS) is 11.8. The number of nitrogens with one attached hydrogen (secondary N) is 1. The maximum Gasteiger partial charge on any atom is 0.293 e. The summed E-state index contributed by atoms with van der Waals surface area (Å²) < 4.78 is 29.7. The van der Waals surface area contributed by atoms with Gasteiger partial charge in [0.15, 0.2) is 26.2 Å². The van der Waals surface area contributed by atoms with Crippen LogP contribution < -0.4 is 10.7 Å². The molecule has 0 aliphatic heterocycles. The summed E-state index contributed by atoms with van der Waals surface area (Å²) in [5, 5.41) is 3.33. The van der Waals surface area contributed by atoms with Crippen molar-refractivity contribution in [1.29, 1.82) is 0 Å². The minimum absolute atomic E-state index is 0.122. The van der Waals surface area contributed by atoms with Crippen LogP contribution in [0, 0.1) is 13.8 Å². The number of carbonyl (C=O) groups excluding carboxylic acids is 1. The van der Waals surface area contributed by atoms with Crippen molar-refractivity contribution >= 4 is 53.4 Å². The van der Waals surface area contributed by atoms with Gasteiger partial charge in [0.25, 0.3) is 5.91 Å². The summed E-state index contributed by atoms with van der Waals surface area (Å²) in [5.41, 5.74) is 2.32. The van der Waals surface area contributed by atoms with Gasteiger partial charge in [-0.2, -0.15) is 0 Å². The Balaban J connectivity index is 1.70. The van der Waals surface area contributed by atoms with Gasteiger partial charge < -0.3 is 4.42 Å². The molecule has 0 radical (unpaired) electrons. The third-order valence-electron chi connectivity index (χ3n) is 4.40. The van der Waals surface area contributed by atoms with Gasteiger partial charge in [-0.25, -0.2) is 13.4 Å². The molecule has 0 aliphatic carbocycles. The summed E-state index contributed by atoms with van der Waals surface area (Å²) in [4.78, 5) is 29.5. The van der Waals surface area contributed by atoms with Crippen LogP contribution in [-0.4, -0.2) is 25.6 Å². The SMILES string of the molecule is Cc1cc(C)c2c(=O)cc(C(=O)Nc3nc4ccc(S(C)(=O)=O)cc4s3)oc2c1. The molecule has 2 aromatic heterocycles. The molecule has 0 saturated carbocycles. The summed E-state index contributed by atoms with van der Waals surface area (Å²) in [5.74, 6) is -0.728. The van der Waals surface area contributed by atoms with Crippen LogP contribution >= 0.6 is 11.3 Å². The van der Waals surface area contributed by atoms with Crippen LogP contribution in [-0.2, 0) is 9.84 Å². The molecule has 0 unspecified atom stereocenters. The highest BCUT2D eigenvalue weighted by Crippen LogP contribution is 2.28. The number of thiazole rings is 1. The highest BCUT2D eigenvalue weighted by atomic mass is 32.2. The molecule has 0 bridgehead atoms. The minimum atomic E-state index is -3.34. The van der Waals surface area contributed by atoms with Gasteiger partial charge in [-0.05, 0) is 49.2 Å². The lowest BCUT2D eigenvalue weighted by Gasteiger charge is -2.05. The Morgan fingerprint density at radius 3 is 2.62 bits per heavy atom. The lowest BCUT2D eigenvalue weighted by Crippen LogP contribution is -2.15. The predicted molar refractivity (Wildman–Crippen MR) is 113 cm³/mol. The summed E-state index contributed by atoms with van der Waals surface area (Å²) >= 11 is 1.14. The van der Waals surface area contributed by atoms with Crippen molar-refractivity contribution < 1.29 is 17.6 Å². The third-order valence-corrected chi connectivity index (χ3v) is 6.45. The van der Waals surface area contributed by atoms with Crippen LogP contribution in [0.5, 0.6) is 0 Å². The molecule has 2 aromatic carbocycles. The molecular weight excluding hydrogens is 412 g/mol. The molecule has 1 N–H and O–H groups in total. The summed E-state index contributed by atoms with van der Waals surface area (Å²) in [6, 6.07) is 9.32. The van der Waals surface area contributed by atoms with Crippen LogP contribution in [0.4, 0.5) is 5.13 Å². The number of aryl methyl sites for hydroxylation is 2. The quantitative estimate of drug-likeness (QED) is 0.534. The number of anilines is 1. The lowest BCUT2D eigenvalue weighted by atomic mass is 10.1. The van der Waals surface area contributed by atoms with Crippen molar-refractivity contribution in [2.24, 2.45) is 0 Å². The van der Waals surface area contributed by atoms with Gasteiger partial charge in [-0.15, -0.1) is 0 Å². The molecule has 0 spiro atoms. The van der Waals surface area contributed by atoms with Crippen molar-refractivity contribution in [2.45, 2.75) is 18.7 Å². The maximum atomic E-state index is 12.6. The fraction of sp³-hybridized carbons (Fsp3) is 0.150. The summed E-state index contributed by atoms with van der Waals surface area (Å²) in [6.45, 7) is 3.70. The summed E-state index contributed by atoms with van der Waals surface area (Å²) in [7, 11) is -3.34. The van der Waals surface area contributed by atoms with Gasteiger partial charge in [0.05, 0.1) is 20.5 Å². The molecule has 9 heteroatoms. The number of nitrogens with zero attached hydrogens (tertiary/aromatic N) is 1. The molecule has 29 heavy (non-hydrogen) atoms. The highest BCUT2D eigenvalue weighted by Gasteiger charge is 2.17. The molecule has 0 atom stereocenters. The zero-order valence-corrected chi connectivity index (χ0v) is 17.4. The molecule has 7 nitrogen and oxygen atoms in total. The van der Waals surface area contributed by atoms with Gasteiger partial charge in [-0.3, -0.25) is 14.9 Å². The number of fused-ring (bicyclic) bond motifs is 2. The Hall–Kier alpha value is -3.04. The fourth-order valence-corrected chi connectivity index (χ4v) is 4.75. The first-order valence-corrected chi connectivity index (χ1v) is 11.3. The van der Waals surface area contributed by atoms with E-state index in [1.54, 1.807) is 12.1 Å². The topological polar surface area (TPSA) is 106 Å². The monoisotopic (exact) mass is 428 g/mol. The zero-order valence-electron chi connectivity index (χ0n) is 15.8. The number of aromatic nitrogens is 1. The van der Waals surface area contributed by atoms with Crippen LogP contribution in [0.25, 0.3) is 21.2 Å². The van der Waals surface area contributed by atoms with Gasteiger partial charge >= 0.3 is 0 Å². The average Bonchev–Trinajstić information content (AvgIpc) is 3.01. The Labute approximate surface area is 169 Å².